The first-order valence-corrected chi connectivity index (χ1v) is 8.27. The van der Waals surface area contributed by atoms with E-state index >= 15 is 0 Å². The number of allylic oxidation sites excluding steroid dienone is 3. The third-order valence-corrected chi connectivity index (χ3v) is 3.96. The van der Waals surface area contributed by atoms with Crippen LogP contribution in [0.15, 0.2) is 82.4 Å². The maximum atomic E-state index is 9.38. The van der Waals surface area contributed by atoms with Crippen molar-refractivity contribution in [1.82, 2.24) is 5.32 Å². The van der Waals surface area contributed by atoms with E-state index in [0.717, 1.165) is 16.9 Å². The first kappa shape index (κ1) is 17.8. The van der Waals surface area contributed by atoms with Crippen LogP contribution in [0.4, 0.5) is 0 Å². The molecular formula is C22H16N4O. The molecule has 5 heteroatoms. The van der Waals surface area contributed by atoms with Crippen LogP contribution >= 0.6 is 0 Å². The Morgan fingerprint density at radius 1 is 1.04 bits per heavy atom. The van der Waals surface area contributed by atoms with Crippen LogP contribution in [0, 0.1) is 22.7 Å². The zero-order valence-corrected chi connectivity index (χ0v) is 14.7. The van der Waals surface area contributed by atoms with Crippen molar-refractivity contribution in [3.05, 3.63) is 88.5 Å². The van der Waals surface area contributed by atoms with Crippen LogP contribution in [-0.4, -0.2) is 12.8 Å². The van der Waals surface area contributed by atoms with Gasteiger partial charge in [-0.3, -0.25) is 0 Å². The fourth-order valence-corrected chi connectivity index (χ4v) is 2.57. The van der Waals surface area contributed by atoms with E-state index in [0.29, 0.717) is 17.8 Å². The summed E-state index contributed by atoms with van der Waals surface area (Å²) in [7, 11) is 1.62. The zero-order chi connectivity index (χ0) is 19.1. The molecule has 1 aliphatic rings. The minimum atomic E-state index is 0.0672. The lowest BCUT2D eigenvalue weighted by Gasteiger charge is -2.06. The summed E-state index contributed by atoms with van der Waals surface area (Å²) in [5, 5.41) is 21.7. The fourth-order valence-electron chi connectivity index (χ4n) is 2.57. The minimum absolute atomic E-state index is 0.0672. The maximum absolute atomic E-state index is 9.38. The lowest BCUT2D eigenvalue weighted by molar-refractivity contribution is 0.415. The molecule has 1 aliphatic heterocycles. The smallest absolute Gasteiger partial charge is 0.175 e. The Balaban J connectivity index is 2.02. The third-order valence-electron chi connectivity index (χ3n) is 3.96. The molecule has 1 N–H and O–H groups in total. The molecule has 2 aromatic carbocycles. The lowest BCUT2D eigenvalue weighted by atomic mass is 10.1. The molecule has 0 bridgehead atoms. The fraction of sp³-hybridized carbons (Fsp3) is 0.0909. The molecule has 0 unspecified atom stereocenters. The van der Waals surface area contributed by atoms with Crippen LogP contribution in [0.5, 0.6) is 5.75 Å². The molecule has 0 saturated heterocycles. The summed E-state index contributed by atoms with van der Waals surface area (Å²) >= 11 is 0. The highest BCUT2D eigenvalue weighted by Gasteiger charge is 2.17. The van der Waals surface area contributed by atoms with Gasteiger partial charge < -0.3 is 10.1 Å². The molecule has 130 valence electrons. The van der Waals surface area contributed by atoms with Crippen molar-refractivity contribution in [3.63, 3.8) is 0 Å². The SMILES string of the molecule is COc1ccc(C=C=C2CC(c3ccccc3)=NC(C#N)=C(C#N)N2)cc1. The number of hydrogen-bond acceptors (Lipinski definition) is 5. The van der Waals surface area contributed by atoms with E-state index in [1.807, 2.05) is 72.8 Å². The number of nitrogens with one attached hydrogen (secondary N) is 1. The summed E-state index contributed by atoms with van der Waals surface area (Å²) in [4.78, 5) is 4.40. The summed E-state index contributed by atoms with van der Waals surface area (Å²) in [6, 6.07) is 21.2. The van der Waals surface area contributed by atoms with E-state index in [1.54, 1.807) is 7.11 Å². The maximum Gasteiger partial charge on any atom is 0.175 e. The molecule has 0 saturated carbocycles. The number of rotatable bonds is 3. The van der Waals surface area contributed by atoms with E-state index in [2.05, 4.69) is 16.0 Å². The predicted molar refractivity (Wildman–Crippen MR) is 103 cm³/mol. The van der Waals surface area contributed by atoms with Gasteiger partial charge in [-0.05, 0) is 29.3 Å². The van der Waals surface area contributed by atoms with Crippen LogP contribution < -0.4 is 10.1 Å². The third kappa shape index (κ3) is 4.32. The van der Waals surface area contributed by atoms with Gasteiger partial charge >= 0.3 is 0 Å². The van der Waals surface area contributed by atoms with Crippen molar-refractivity contribution in [1.29, 1.82) is 10.5 Å². The number of aliphatic imine (C=N–C) groups is 1. The van der Waals surface area contributed by atoms with Crippen molar-refractivity contribution < 1.29 is 4.74 Å². The van der Waals surface area contributed by atoms with E-state index in [1.165, 1.54) is 0 Å². The highest BCUT2D eigenvalue weighted by atomic mass is 16.5. The van der Waals surface area contributed by atoms with Crippen molar-refractivity contribution in [3.8, 4) is 17.9 Å². The van der Waals surface area contributed by atoms with Gasteiger partial charge in [0.05, 0.1) is 18.5 Å². The van der Waals surface area contributed by atoms with Gasteiger partial charge in [-0.15, -0.1) is 0 Å². The highest BCUT2D eigenvalue weighted by Crippen LogP contribution is 2.18. The summed E-state index contributed by atoms with van der Waals surface area (Å²) in [5.41, 5.74) is 6.58. The Morgan fingerprint density at radius 2 is 1.78 bits per heavy atom. The van der Waals surface area contributed by atoms with Crippen LogP contribution in [0.3, 0.4) is 0 Å². The van der Waals surface area contributed by atoms with Gasteiger partial charge in [-0.1, -0.05) is 48.2 Å². The molecule has 0 radical (unpaired) electrons. The van der Waals surface area contributed by atoms with Crippen molar-refractivity contribution >= 4 is 11.8 Å². The van der Waals surface area contributed by atoms with Crippen molar-refractivity contribution in [2.75, 3.05) is 7.11 Å². The van der Waals surface area contributed by atoms with Gasteiger partial charge in [0.25, 0.3) is 0 Å². The van der Waals surface area contributed by atoms with E-state index in [4.69, 9.17) is 4.74 Å². The Labute approximate surface area is 157 Å². The van der Waals surface area contributed by atoms with E-state index < -0.39 is 0 Å². The Bertz CT molecular complexity index is 1040. The van der Waals surface area contributed by atoms with Gasteiger partial charge in [-0.2, -0.15) is 10.5 Å². The van der Waals surface area contributed by atoms with Crippen molar-refractivity contribution in [2.45, 2.75) is 6.42 Å². The monoisotopic (exact) mass is 352 g/mol. The number of benzene rings is 2. The molecule has 0 aliphatic carbocycles. The second kappa shape index (κ2) is 8.36. The molecule has 27 heavy (non-hydrogen) atoms. The number of nitriles is 2. The van der Waals surface area contributed by atoms with Crippen LogP contribution in [0.2, 0.25) is 0 Å². The van der Waals surface area contributed by atoms with Gasteiger partial charge in [0, 0.05) is 6.42 Å². The molecule has 3 rings (SSSR count). The van der Waals surface area contributed by atoms with Gasteiger partial charge in [-0.25, -0.2) is 4.99 Å². The number of hydrogen-bond donors (Lipinski definition) is 1. The number of ether oxygens (including phenoxy) is 1. The Hall–Kier alpha value is -4.05. The second-order valence-electron chi connectivity index (χ2n) is 5.71. The molecule has 0 spiro atoms. The summed E-state index contributed by atoms with van der Waals surface area (Å²) in [5.74, 6) is 0.777. The summed E-state index contributed by atoms with van der Waals surface area (Å²) in [6.07, 6.45) is 2.24. The van der Waals surface area contributed by atoms with Gasteiger partial charge in [0.2, 0.25) is 0 Å². The second-order valence-corrected chi connectivity index (χ2v) is 5.71. The normalized spacial score (nSPS) is 13.3. The number of nitrogens with zero attached hydrogens (tertiary/aromatic N) is 3. The van der Waals surface area contributed by atoms with Crippen LogP contribution in [0.25, 0.3) is 6.08 Å². The standard InChI is InChI=1S/C22H16N4O/c1-27-19-11-8-16(9-12-19)7-10-18-13-20(17-5-3-2-4-6-17)26-22(15-24)21(14-23)25-18/h2-9,11-12,25H,13H2,1H3. The predicted octanol–water partition coefficient (Wildman–Crippen LogP) is 3.93. The summed E-state index contributed by atoms with van der Waals surface area (Å²) in [6.45, 7) is 0. The minimum Gasteiger partial charge on any atom is -0.497 e. The molecule has 0 fully saturated rings. The average molecular weight is 352 g/mol. The zero-order valence-electron chi connectivity index (χ0n) is 14.7. The molecule has 2 aromatic rings. The van der Waals surface area contributed by atoms with Crippen LogP contribution in [-0.2, 0) is 0 Å². The molecule has 0 aromatic heterocycles. The summed E-state index contributed by atoms with van der Waals surface area (Å²) < 4.78 is 5.16. The first-order chi connectivity index (χ1) is 13.2. The molecule has 0 atom stereocenters. The molecule has 1 heterocycles. The Kier molecular flexibility index (Phi) is 5.50. The van der Waals surface area contributed by atoms with Crippen molar-refractivity contribution in [2.24, 2.45) is 4.99 Å². The van der Waals surface area contributed by atoms with E-state index in [-0.39, 0.29) is 11.4 Å². The average Bonchev–Trinajstić information content (AvgIpc) is 2.92. The van der Waals surface area contributed by atoms with Gasteiger partial charge in [0.15, 0.2) is 11.4 Å². The largest absolute Gasteiger partial charge is 0.497 e. The van der Waals surface area contributed by atoms with Gasteiger partial charge in [0.1, 0.15) is 17.9 Å². The quantitative estimate of drug-likeness (QED) is 0.849. The van der Waals surface area contributed by atoms with Crippen LogP contribution in [0.1, 0.15) is 17.5 Å². The topological polar surface area (TPSA) is 81.2 Å². The lowest BCUT2D eigenvalue weighted by Crippen LogP contribution is -2.13. The Morgan fingerprint density at radius 3 is 2.41 bits per heavy atom. The number of methoxy groups -OCH3 is 1. The highest BCUT2D eigenvalue weighted by molar-refractivity contribution is 6.03. The first-order valence-electron chi connectivity index (χ1n) is 8.27. The van der Waals surface area contributed by atoms with E-state index in [9.17, 15) is 10.5 Å². The molecule has 0 amide bonds. The molecule has 5 nitrogen and oxygen atoms in total. The molecular weight excluding hydrogens is 336 g/mol.